The lowest BCUT2D eigenvalue weighted by Gasteiger charge is -2.15. The van der Waals surface area contributed by atoms with Crippen molar-refractivity contribution in [2.45, 2.75) is 31.8 Å². The van der Waals surface area contributed by atoms with E-state index in [9.17, 15) is 9.59 Å². The van der Waals surface area contributed by atoms with Crippen molar-refractivity contribution >= 4 is 29.1 Å². The summed E-state index contributed by atoms with van der Waals surface area (Å²) < 4.78 is 0. The Kier molecular flexibility index (Phi) is 9.65. The number of aromatic nitrogens is 3. The van der Waals surface area contributed by atoms with Crippen LogP contribution in [0.5, 0.6) is 0 Å². The zero-order chi connectivity index (χ0) is 27.5. The van der Waals surface area contributed by atoms with E-state index in [1.165, 1.54) is 0 Å². The maximum absolute atomic E-state index is 12.9. The van der Waals surface area contributed by atoms with Crippen LogP contribution < -0.4 is 27.4 Å². The molecule has 1 atom stereocenters. The van der Waals surface area contributed by atoms with Crippen LogP contribution in [-0.2, 0) is 11.3 Å². The van der Waals surface area contributed by atoms with Gasteiger partial charge in [-0.2, -0.15) is 0 Å². The zero-order valence-electron chi connectivity index (χ0n) is 21.5. The second-order valence-electron chi connectivity index (χ2n) is 8.94. The lowest BCUT2D eigenvalue weighted by molar-refractivity contribution is -0.117. The molecule has 0 radical (unpaired) electrons. The fraction of sp³-hybridized carbons (Fsp3) is 0.207. The Morgan fingerprint density at radius 1 is 0.872 bits per heavy atom. The third-order valence-electron chi connectivity index (χ3n) is 6.02. The summed E-state index contributed by atoms with van der Waals surface area (Å²) in [6, 6.07) is 19.2. The van der Waals surface area contributed by atoms with E-state index >= 15 is 0 Å². The highest BCUT2D eigenvalue weighted by Gasteiger charge is 2.16. The summed E-state index contributed by atoms with van der Waals surface area (Å²) in [6.07, 6.45) is 7.30. The van der Waals surface area contributed by atoms with Crippen LogP contribution in [0.2, 0.25) is 0 Å². The minimum atomic E-state index is -0.648. The van der Waals surface area contributed by atoms with E-state index in [1.807, 2.05) is 30.3 Å². The van der Waals surface area contributed by atoms with Crippen LogP contribution >= 0.6 is 0 Å². The Hall–Kier alpha value is -4.67. The second kappa shape index (κ2) is 13.8. The predicted molar refractivity (Wildman–Crippen MR) is 153 cm³/mol. The van der Waals surface area contributed by atoms with Crippen molar-refractivity contribution in [1.82, 2.24) is 15.0 Å². The molecule has 0 bridgehead atoms. The number of hydrogen-bond donors (Lipinski definition) is 5. The van der Waals surface area contributed by atoms with E-state index < -0.39 is 6.04 Å². The highest BCUT2D eigenvalue weighted by atomic mass is 16.2. The van der Waals surface area contributed by atoms with E-state index in [0.717, 1.165) is 29.7 Å². The van der Waals surface area contributed by atoms with E-state index in [-0.39, 0.29) is 11.8 Å². The van der Waals surface area contributed by atoms with E-state index in [0.29, 0.717) is 42.4 Å². The number of para-hydroxylation sites is 2. The molecule has 2 aromatic heterocycles. The summed E-state index contributed by atoms with van der Waals surface area (Å²) in [6.45, 7) is 1.05. The number of nitrogens with two attached hydrogens (primary N) is 2. The summed E-state index contributed by atoms with van der Waals surface area (Å²) >= 11 is 0. The number of anilines is 3. The largest absolute Gasteiger partial charge is 0.350 e. The van der Waals surface area contributed by atoms with Gasteiger partial charge in [0.1, 0.15) is 0 Å². The number of pyridine rings is 1. The fourth-order valence-electron chi connectivity index (χ4n) is 3.83. The van der Waals surface area contributed by atoms with E-state index in [2.05, 4.69) is 30.9 Å². The highest BCUT2D eigenvalue weighted by molar-refractivity contribution is 6.07. The normalized spacial score (nSPS) is 11.4. The van der Waals surface area contributed by atoms with Gasteiger partial charge in [0.15, 0.2) is 0 Å². The van der Waals surface area contributed by atoms with Crippen molar-refractivity contribution in [3.05, 3.63) is 96.4 Å². The molecule has 0 unspecified atom stereocenters. The molecule has 2 amide bonds. The van der Waals surface area contributed by atoms with Gasteiger partial charge in [0.05, 0.1) is 23.1 Å². The first kappa shape index (κ1) is 27.4. The number of benzene rings is 2. The molecule has 2 heterocycles. The van der Waals surface area contributed by atoms with Crippen LogP contribution in [0.1, 0.15) is 35.2 Å². The summed E-state index contributed by atoms with van der Waals surface area (Å²) in [5, 5.41) is 8.90. The Morgan fingerprint density at radius 2 is 1.64 bits per heavy atom. The van der Waals surface area contributed by atoms with Crippen LogP contribution in [0.4, 0.5) is 17.3 Å². The maximum Gasteiger partial charge on any atom is 0.255 e. The van der Waals surface area contributed by atoms with Gasteiger partial charge in [-0.25, -0.2) is 9.97 Å². The fourth-order valence-corrected chi connectivity index (χ4v) is 3.83. The molecule has 0 aliphatic carbocycles. The first-order chi connectivity index (χ1) is 19.0. The molecular formula is C29H32N8O2. The van der Waals surface area contributed by atoms with Crippen molar-refractivity contribution in [3.8, 4) is 11.3 Å². The molecule has 10 nitrogen and oxygen atoms in total. The molecule has 2 aromatic carbocycles. The van der Waals surface area contributed by atoms with Crippen LogP contribution in [-0.4, -0.2) is 39.4 Å². The summed E-state index contributed by atoms with van der Waals surface area (Å²) in [4.78, 5) is 38.4. The quantitative estimate of drug-likeness (QED) is 0.175. The molecule has 0 spiro atoms. The van der Waals surface area contributed by atoms with Crippen molar-refractivity contribution in [2.75, 3.05) is 22.5 Å². The lowest BCUT2D eigenvalue weighted by Crippen LogP contribution is -2.35. The highest BCUT2D eigenvalue weighted by Crippen LogP contribution is 2.22. The van der Waals surface area contributed by atoms with E-state index in [4.69, 9.17) is 11.5 Å². The van der Waals surface area contributed by atoms with Crippen molar-refractivity contribution in [1.29, 1.82) is 0 Å². The molecule has 4 rings (SSSR count). The number of rotatable bonds is 12. The van der Waals surface area contributed by atoms with Gasteiger partial charge in [0.2, 0.25) is 11.9 Å². The number of amides is 2. The molecule has 0 saturated carbocycles. The van der Waals surface area contributed by atoms with Crippen molar-refractivity contribution < 1.29 is 9.59 Å². The predicted octanol–water partition coefficient (Wildman–Crippen LogP) is 3.80. The van der Waals surface area contributed by atoms with Crippen molar-refractivity contribution in [2.24, 2.45) is 11.5 Å². The standard InChI is InChI=1S/C29H32N8O2/c30-15-4-3-7-23(31)28(39)36-26-9-2-1-8-25(26)35-27(38)21-12-10-20(11-13-21)18-34-29-33-17-14-24(37-29)22-6-5-16-32-19-22/h1-2,5-6,8-14,16-17,19,23H,3-4,7,15,18,30-31H2,(H,35,38)(H,36,39)(H,33,34,37)/t23-/m0/s1. The Balaban J connectivity index is 1.34. The van der Waals surface area contributed by atoms with Crippen molar-refractivity contribution in [3.63, 3.8) is 0 Å². The van der Waals surface area contributed by atoms with Gasteiger partial charge >= 0.3 is 0 Å². The summed E-state index contributed by atoms with van der Waals surface area (Å²) in [5.74, 6) is -0.104. The van der Waals surface area contributed by atoms with Gasteiger partial charge in [0, 0.05) is 36.3 Å². The van der Waals surface area contributed by atoms with E-state index in [1.54, 1.807) is 55.0 Å². The number of nitrogens with one attached hydrogen (secondary N) is 3. The van der Waals surface area contributed by atoms with Crippen LogP contribution in [0.25, 0.3) is 11.3 Å². The second-order valence-corrected chi connectivity index (χ2v) is 8.94. The van der Waals surface area contributed by atoms with Gasteiger partial charge in [-0.1, -0.05) is 30.7 Å². The third kappa shape index (κ3) is 7.91. The van der Waals surface area contributed by atoms with Crippen LogP contribution in [0, 0.1) is 0 Å². The molecule has 0 aliphatic heterocycles. The molecular weight excluding hydrogens is 492 g/mol. The molecule has 4 aromatic rings. The SMILES string of the molecule is NCCCC[C@H](N)C(=O)Nc1ccccc1NC(=O)c1ccc(CNc2nccc(-c3cccnc3)n2)cc1. The topological polar surface area (TPSA) is 161 Å². The number of nitrogens with zero attached hydrogens (tertiary/aromatic N) is 3. The molecule has 0 fully saturated rings. The Labute approximate surface area is 227 Å². The van der Waals surface area contributed by atoms with Gasteiger partial charge in [-0.05, 0) is 67.4 Å². The van der Waals surface area contributed by atoms with Crippen LogP contribution in [0.3, 0.4) is 0 Å². The summed E-state index contributed by atoms with van der Waals surface area (Å²) in [5.41, 5.74) is 15.6. The molecule has 10 heteroatoms. The average molecular weight is 525 g/mol. The van der Waals surface area contributed by atoms with Gasteiger partial charge in [-0.3, -0.25) is 14.6 Å². The summed E-state index contributed by atoms with van der Waals surface area (Å²) in [7, 11) is 0. The molecule has 0 saturated heterocycles. The number of unbranched alkanes of at least 4 members (excludes halogenated alkanes) is 1. The van der Waals surface area contributed by atoms with Gasteiger partial charge in [0.25, 0.3) is 5.91 Å². The minimum absolute atomic E-state index is 0.295. The lowest BCUT2D eigenvalue weighted by atomic mass is 10.1. The zero-order valence-corrected chi connectivity index (χ0v) is 21.5. The van der Waals surface area contributed by atoms with Gasteiger partial charge in [-0.15, -0.1) is 0 Å². The first-order valence-corrected chi connectivity index (χ1v) is 12.8. The maximum atomic E-state index is 12.9. The smallest absolute Gasteiger partial charge is 0.255 e. The number of hydrogen-bond acceptors (Lipinski definition) is 8. The average Bonchev–Trinajstić information content (AvgIpc) is 2.98. The first-order valence-electron chi connectivity index (χ1n) is 12.8. The Bertz CT molecular complexity index is 1380. The molecule has 200 valence electrons. The molecule has 0 aliphatic rings. The third-order valence-corrected chi connectivity index (χ3v) is 6.02. The van der Waals surface area contributed by atoms with Gasteiger partial charge < -0.3 is 27.4 Å². The number of carbonyl (C=O) groups is 2. The monoisotopic (exact) mass is 524 g/mol. The van der Waals surface area contributed by atoms with Crippen LogP contribution in [0.15, 0.2) is 85.3 Å². The Morgan fingerprint density at radius 3 is 2.36 bits per heavy atom. The minimum Gasteiger partial charge on any atom is -0.350 e. The number of carbonyl (C=O) groups excluding carboxylic acids is 2. The molecule has 39 heavy (non-hydrogen) atoms. The molecule has 7 N–H and O–H groups in total.